The van der Waals surface area contributed by atoms with Crippen LogP contribution < -0.4 is 5.32 Å². The second-order valence-corrected chi connectivity index (χ2v) is 9.03. The summed E-state index contributed by atoms with van der Waals surface area (Å²) < 4.78 is 39.6. The van der Waals surface area contributed by atoms with Crippen molar-refractivity contribution in [3.8, 4) is 0 Å². The third kappa shape index (κ3) is 4.97. The number of aryl methyl sites for hydroxylation is 1. The molecule has 1 unspecified atom stereocenters. The van der Waals surface area contributed by atoms with E-state index in [9.17, 15) is 17.6 Å². The normalized spacial score (nSPS) is 16.1. The molecule has 1 saturated heterocycles. The van der Waals surface area contributed by atoms with Crippen molar-refractivity contribution in [3.05, 3.63) is 65.5 Å². The predicted octanol–water partition coefficient (Wildman–Crippen LogP) is 3.42. The highest BCUT2D eigenvalue weighted by molar-refractivity contribution is 7.89. The van der Waals surface area contributed by atoms with Gasteiger partial charge in [0.1, 0.15) is 5.82 Å². The van der Waals surface area contributed by atoms with Gasteiger partial charge in [0.15, 0.2) is 0 Å². The third-order valence-electron chi connectivity index (χ3n) is 5.01. The molecule has 1 atom stereocenters. The summed E-state index contributed by atoms with van der Waals surface area (Å²) in [6.07, 6.45) is 2.63. The van der Waals surface area contributed by atoms with Gasteiger partial charge in [0.2, 0.25) is 15.9 Å². The molecule has 0 radical (unpaired) electrons. The van der Waals surface area contributed by atoms with Gasteiger partial charge in [-0.25, -0.2) is 12.8 Å². The molecular weight excluding hydrogens is 379 g/mol. The molecule has 150 valence electrons. The number of benzene rings is 2. The molecule has 0 spiro atoms. The number of amides is 1. The quantitative estimate of drug-likeness (QED) is 0.769. The molecule has 2 aromatic rings. The van der Waals surface area contributed by atoms with Crippen molar-refractivity contribution in [3.63, 3.8) is 0 Å². The van der Waals surface area contributed by atoms with Gasteiger partial charge in [-0.1, -0.05) is 24.3 Å². The molecule has 3 rings (SSSR count). The van der Waals surface area contributed by atoms with Crippen LogP contribution in [0.25, 0.3) is 0 Å². The second kappa shape index (κ2) is 8.84. The Labute approximate surface area is 165 Å². The molecular formula is C21H25FN2O3S. The lowest BCUT2D eigenvalue weighted by molar-refractivity contribution is -0.121. The van der Waals surface area contributed by atoms with E-state index in [1.165, 1.54) is 16.4 Å². The number of halogens is 1. The van der Waals surface area contributed by atoms with E-state index in [2.05, 4.69) is 5.32 Å². The highest BCUT2D eigenvalue weighted by Gasteiger charge is 2.26. The van der Waals surface area contributed by atoms with Crippen LogP contribution in [0.3, 0.4) is 0 Å². The number of carbonyl (C=O) groups excluding carboxylic acids is 1. The Morgan fingerprint density at radius 2 is 1.68 bits per heavy atom. The zero-order valence-electron chi connectivity index (χ0n) is 15.9. The van der Waals surface area contributed by atoms with E-state index in [0.717, 1.165) is 24.0 Å². The molecule has 7 heteroatoms. The lowest BCUT2D eigenvalue weighted by atomic mass is 10.1. The minimum atomic E-state index is -3.41. The summed E-state index contributed by atoms with van der Waals surface area (Å²) in [4.78, 5) is 12.5. The number of rotatable bonds is 7. The fourth-order valence-corrected chi connectivity index (χ4v) is 4.83. The van der Waals surface area contributed by atoms with Gasteiger partial charge < -0.3 is 5.32 Å². The maximum Gasteiger partial charge on any atom is 0.243 e. The molecule has 5 nitrogen and oxygen atoms in total. The maximum absolute atomic E-state index is 13.0. The summed E-state index contributed by atoms with van der Waals surface area (Å²) >= 11 is 0. The lowest BCUT2D eigenvalue weighted by Crippen LogP contribution is -2.27. The van der Waals surface area contributed by atoms with Crippen LogP contribution in [0.1, 0.15) is 43.4 Å². The molecule has 0 bridgehead atoms. The van der Waals surface area contributed by atoms with Crippen LogP contribution in [0.15, 0.2) is 53.4 Å². The van der Waals surface area contributed by atoms with E-state index in [0.29, 0.717) is 30.8 Å². The largest absolute Gasteiger partial charge is 0.350 e. The van der Waals surface area contributed by atoms with E-state index in [1.54, 1.807) is 36.4 Å². The molecule has 2 aromatic carbocycles. The highest BCUT2D eigenvalue weighted by atomic mass is 32.2. The van der Waals surface area contributed by atoms with Gasteiger partial charge in [-0.3, -0.25) is 4.79 Å². The van der Waals surface area contributed by atoms with Crippen LogP contribution in [0.4, 0.5) is 4.39 Å². The molecule has 0 aliphatic carbocycles. The molecule has 1 fully saturated rings. The second-order valence-electron chi connectivity index (χ2n) is 7.10. The van der Waals surface area contributed by atoms with Crippen molar-refractivity contribution in [2.75, 3.05) is 13.1 Å². The van der Waals surface area contributed by atoms with Crippen molar-refractivity contribution in [1.29, 1.82) is 0 Å². The first-order valence-electron chi connectivity index (χ1n) is 9.50. The van der Waals surface area contributed by atoms with Crippen molar-refractivity contribution in [1.82, 2.24) is 9.62 Å². The third-order valence-corrected chi connectivity index (χ3v) is 6.93. The Balaban J connectivity index is 1.53. The summed E-state index contributed by atoms with van der Waals surface area (Å²) in [7, 11) is -3.41. The van der Waals surface area contributed by atoms with E-state index in [-0.39, 0.29) is 17.8 Å². The molecule has 28 heavy (non-hydrogen) atoms. The first kappa shape index (κ1) is 20.5. The molecule has 0 saturated carbocycles. The molecule has 1 aliphatic heterocycles. The van der Waals surface area contributed by atoms with Gasteiger partial charge >= 0.3 is 0 Å². The maximum atomic E-state index is 13.0. The Morgan fingerprint density at radius 1 is 1.07 bits per heavy atom. The summed E-state index contributed by atoms with van der Waals surface area (Å²) in [5.74, 6) is -0.414. The average molecular weight is 405 g/mol. The SMILES string of the molecule is CC(NC(=O)CCc1ccc(S(=O)(=O)N2CCCC2)cc1)c1ccc(F)cc1. The van der Waals surface area contributed by atoms with Crippen LogP contribution in [0, 0.1) is 5.82 Å². The van der Waals surface area contributed by atoms with Crippen molar-refractivity contribution < 1.29 is 17.6 Å². The highest BCUT2D eigenvalue weighted by Crippen LogP contribution is 2.21. The van der Waals surface area contributed by atoms with Crippen molar-refractivity contribution >= 4 is 15.9 Å². The zero-order chi connectivity index (χ0) is 20.1. The number of nitrogens with zero attached hydrogens (tertiary/aromatic N) is 1. The molecule has 0 aromatic heterocycles. The van der Waals surface area contributed by atoms with Crippen LogP contribution in [0.2, 0.25) is 0 Å². The van der Waals surface area contributed by atoms with Crippen LogP contribution in [-0.2, 0) is 21.2 Å². The number of carbonyl (C=O) groups is 1. The van der Waals surface area contributed by atoms with Gasteiger partial charge in [-0.2, -0.15) is 4.31 Å². The molecule has 1 heterocycles. The van der Waals surface area contributed by atoms with Crippen LogP contribution >= 0.6 is 0 Å². The minimum Gasteiger partial charge on any atom is -0.350 e. The van der Waals surface area contributed by atoms with Gasteiger partial charge in [-0.05, 0) is 61.6 Å². The summed E-state index contributed by atoms with van der Waals surface area (Å²) in [6, 6.07) is 12.6. The average Bonchev–Trinajstić information content (AvgIpc) is 3.23. The molecule has 1 N–H and O–H groups in total. The van der Waals surface area contributed by atoms with E-state index in [4.69, 9.17) is 0 Å². The summed E-state index contributed by atoms with van der Waals surface area (Å²) in [5.41, 5.74) is 1.75. The van der Waals surface area contributed by atoms with Gasteiger partial charge in [0.25, 0.3) is 0 Å². The first-order valence-corrected chi connectivity index (χ1v) is 10.9. The van der Waals surface area contributed by atoms with Gasteiger partial charge in [0, 0.05) is 19.5 Å². The topological polar surface area (TPSA) is 66.5 Å². The summed E-state index contributed by atoms with van der Waals surface area (Å²) in [5, 5.41) is 2.89. The Bertz CT molecular complexity index is 906. The van der Waals surface area contributed by atoms with Crippen molar-refractivity contribution in [2.45, 2.75) is 43.5 Å². The lowest BCUT2D eigenvalue weighted by Gasteiger charge is -2.16. The van der Waals surface area contributed by atoms with Gasteiger partial charge in [-0.15, -0.1) is 0 Å². The monoisotopic (exact) mass is 404 g/mol. The Hall–Kier alpha value is -2.25. The van der Waals surface area contributed by atoms with E-state index >= 15 is 0 Å². The van der Waals surface area contributed by atoms with Crippen LogP contribution in [0.5, 0.6) is 0 Å². The minimum absolute atomic E-state index is 0.106. The standard InChI is InChI=1S/C21H25FN2O3S/c1-16(18-7-9-19(22)10-8-18)23-21(25)13-6-17-4-11-20(12-5-17)28(26,27)24-14-2-3-15-24/h4-5,7-12,16H,2-3,6,13-15H2,1H3,(H,23,25). The fourth-order valence-electron chi connectivity index (χ4n) is 3.31. The number of hydrogen-bond donors (Lipinski definition) is 1. The fraction of sp³-hybridized carbons (Fsp3) is 0.381. The number of nitrogens with one attached hydrogen (secondary N) is 1. The number of hydrogen-bond acceptors (Lipinski definition) is 3. The summed E-state index contributed by atoms with van der Waals surface area (Å²) in [6.45, 7) is 3.01. The van der Waals surface area contributed by atoms with Crippen molar-refractivity contribution in [2.24, 2.45) is 0 Å². The van der Waals surface area contributed by atoms with E-state index in [1.807, 2.05) is 6.92 Å². The molecule has 1 amide bonds. The first-order chi connectivity index (χ1) is 13.4. The number of sulfonamides is 1. The van der Waals surface area contributed by atoms with Crippen LogP contribution in [-0.4, -0.2) is 31.7 Å². The smallest absolute Gasteiger partial charge is 0.243 e. The predicted molar refractivity (Wildman–Crippen MR) is 106 cm³/mol. The Kier molecular flexibility index (Phi) is 6.46. The molecule has 1 aliphatic rings. The van der Waals surface area contributed by atoms with E-state index < -0.39 is 10.0 Å². The zero-order valence-corrected chi connectivity index (χ0v) is 16.7. The Morgan fingerprint density at radius 3 is 2.29 bits per heavy atom. The van der Waals surface area contributed by atoms with Gasteiger partial charge in [0.05, 0.1) is 10.9 Å².